The summed E-state index contributed by atoms with van der Waals surface area (Å²) in [6, 6.07) is 4.21. The highest BCUT2D eigenvalue weighted by Crippen LogP contribution is 2.25. The van der Waals surface area contributed by atoms with Crippen molar-refractivity contribution in [3.05, 3.63) is 47.0 Å². The van der Waals surface area contributed by atoms with Crippen molar-refractivity contribution < 1.29 is 4.39 Å². The zero-order valence-electron chi connectivity index (χ0n) is 9.90. The van der Waals surface area contributed by atoms with Gasteiger partial charge in [0.1, 0.15) is 5.82 Å². The predicted octanol–water partition coefficient (Wildman–Crippen LogP) is 2.83. The van der Waals surface area contributed by atoms with Crippen LogP contribution in [0.4, 0.5) is 4.39 Å². The van der Waals surface area contributed by atoms with Crippen LogP contribution in [0.2, 0.25) is 5.02 Å². The third-order valence-electron chi connectivity index (χ3n) is 2.44. The number of nitrogens with two attached hydrogens (primary N) is 1. The first-order valence-corrected chi connectivity index (χ1v) is 5.96. The average Bonchev–Trinajstić information content (AvgIpc) is 2.30. The van der Waals surface area contributed by atoms with E-state index in [-0.39, 0.29) is 11.9 Å². The fraction of sp³-hybridized carbons (Fsp3) is 0.231. The smallest absolute Gasteiger partial charge is 0.160 e. The van der Waals surface area contributed by atoms with Gasteiger partial charge in [-0.15, -0.1) is 0 Å². The molecule has 94 valence electrons. The van der Waals surface area contributed by atoms with E-state index >= 15 is 0 Å². The van der Waals surface area contributed by atoms with Crippen LogP contribution < -0.4 is 5.73 Å². The molecular formula is C13H13ClFN3. The van der Waals surface area contributed by atoms with Gasteiger partial charge in [0.15, 0.2) is 5.82 Å². The van der Waals surface area contributed by atoms with Crippen LogP contribution in [0.1, 0.15) is 12.5 Å². The normalized spacial score (nSPS) is 12.4. The number of hydrogen-bond donors (Lipinski definition) is 1. The van der Waals surface area contributed by atoms with Crippen LogP contribution in [0.25, 0.3) is 11.4 Å². The Balaban J connectivity index is 2.28. The Morgan fingerprint density at radius 1 is 1.33 bits per heavy atom. The monoisotopic (exact) mass is 265 g/mol. The molecule has 1 heterocycles. The first-order chi connectivity index (χ1) is 8.56. The molecule has 1 atom stereocenters. The number of rotatable bonds is 3. The molecule has 1 aromatic carbocycles. The number of aromatic nitrogens is 2. The Bertz CT molecular complexity index is 540. The summed E-state index contributed by atoms with van der Waals surface area (Å²) >= 11 is 5.95. The Hall–Kier alpha value is -1.52. The predicted molar refractivity (Wildman–Crippen MR) is 69.8 cm³/mol. The van der Waals surface area contributed by atoms with Gasteiger partial charge in [0.05, 0.1) is 5.02 Å². The molecule has 0 saturated carbocycles. The summed E-state index contributed by atoms with van der Waals surface area (Å²) in [5, 5.41) is 0.301. The van der Waals surface area contributed by atoms with Crippen molar-refractivity contribution in [1.29, 1.82) is 0 Å². The van der Waals surface area contributed by atoms with E-state index in [1.807, 2.05) is 6.92 Å². The van der Waals surface area contributed by atoms with E-state index in [0.29, 0.717) is 16.4 Å². The second-order valence-electron chi connectivity index (χ2n) is 4.22. The Labute approximate surface area is 110 Å². The third-order valence-corrected chi connectivity index (χ3v) is 2.75. The van der Waals surface area contributed by atoms with Crippen molar-refractivity contribution in [2.45, 2.75) is 19.4 Å². The minimum Gasteiger partial charge on any atom is -0.328 e. The second kappa shape index (κ2) is 5.42. The molecule has 0 aliphatic heterocycles. The molecule has 0 spiro atoms. The summed E-state index contributed by atoms with van der Waals surface area (Å²) in [5.41, 5.74) is 7.28. The lowest BCUT2D eigenvalue weighted by Crippen LogP contribution is -2.18. The van der Waals surface area contributed by atoms with E-state index in [1.54, 1.807) is 18.5 Å². The Morgan fingerprint density at radius 2 is 2.00 bits per heavy atom. The molecule has 0 radical (unpaired) electrons. The Kier molecular flexibility index (Phi) is 3.89. The van der Waals surface area contributed by atoms with E-state index in [9.17, 15) is 4.39 Å². The molecule has 2 rings (SSSR count). The van der Waals surface area contributed by atoms with Gasteiger partial charge in [0.2, 0.25) is 0 Å². The Morgan fingerprint density at radius 3 is 2.56 bits per heavy atom. The molecule has 0 aliphatic rings. The molecule has 2 N–H and O–H groups in total. The fourth-order valence-electron chi connectivity index (χ4n) is 1.64. The van der Waals surface area contributed by atoms with E-state index in [4.69, 9.17) is 17.3 Å². The van der Waals surface area contributed by atoms with Gasteiger partial charge in [-0.25, -0.2) is 14.4 Å². The minimum absolute atomic E-state index is 0.0638. The van der Waals surface area contributed by atoms with E-state index in [2.05, 4.69) is 9.97 Å². The van der Waals surface area contributed by atoms with Gasteiger partial charge in [-0.2, -0.15) is 0 Å². The zero-order valence-corrected chi connectivity index (χ0v) is 10.7. The van der Waals surface area contributed by atoms with Crippen LogP contribution in [0, 0.1) is 5.82 Å². The molecule has 0 bridgehead atoms. The van der Waals surface area contributed by atoms with Crippen LogP contribution in [0.3, 0.4) is 0 Å². The van der Waals surface area contributed by atoms with Gasteiger partial charge >= 0.3 is 0 Å². The van der Waals surface area contributed by atoms with Gasteiger partial charge in [0, 0.05) is 24.0 Å². The van der Waals surface area contributed by atoms with E-state index in [0.717, 1.165) is 12.0 Å². The fourth-order valence-corrected chi connectivity index (χ4v) is 1.89. The minimum atomic E-state index is -0.377. The molecule has 0 amide bonds. The SMILES string of the molecule is CC(N)Cc1cnc(-c2ccc(F)cc2Cl)nc1. The van der Waals surface area contributed by atoms with Crippen LogP contribution in [-0.2, 0) is 6.42 Å². The molecule has 0 aliphatic carbocycles. The van der Waals surface area contributed by atoms with Crippen molar-refractivity contribution in [3.63, 3.8) is 0 Å². The van der Waals surface area contributed by atoms with Gasteiger partial charge in [-0.05, 0) is 37.1 Å². The summed E-state index contributed by atoms with van der Waals surface area (Å²) in [6.07, 6.45) is 4.15. The zero-order chi connectivity index (χ0) is 13.1. The van der Waals surface area contributed by atoms with Crippen LogP contribution in [-0.4, -0.2) is 16.0 Å². The lowest BCUT2D eigenvalue weighted by atomic mass is 10.1. The van der Waals surface area contributed by atoms with Gasteiger partial charge in [-0.1, -0.05) is 11.6 Å². The maximum atomic E-state index is 12.9. The molecule has 0 saturated heterocycles. The summed E-state index contributed by atoms with van der Waals surface area (Å²) in [5.74, 6) is 0.103. The number of hydrogen-bond acceptors (Lipinski definition) is 3. The van der Waals surface area contributed by atoms with E-state index < -0.39 is 0 Å². The lowest BCUT2D eigenvalue weighted by Gasteiger charge is -2.06. The maximum Gasteiger partial charge on any atom is 0.160 e. The average molecular weight is 266 g/mol. The molecular weight excluding hydrogens is 253 g/mol. The van der Waals surface area contributed by atoms with Crippen molar-refractivity contribution in [2.24, 2.45) is 5.73 Å². The molecule has 18 heavy (non-hydrogen) atoms. The van der Waals surface area contributed by atoms with Gasteiger partial charge < -0.3 is 5.73 Å². The van der Waals surface area contributed by atoms with Crippen molar-refractivity contribution >= 4 is 11.6 Å². The van der Waals surface area contributed by atoms with E-state index in [1.165, 1.54) is 12.1 Å². The van der Waals surface area contributed by atoms with Crippen LogP contribution in [0.5, 0.6) is 0 Å². The summed E-state index contributed by atoms with van der Waals surface area (Å²) < 4.78 is 12.9. The number of halogens is 2. The number of benzene rings is 1. The van der Waals surface area contributed by atoms with Crippen molar-refractivity contribution in [1.82, 2.24) is 9.97 Å². The maximum absolute atomic E-state index is 12.9. The summed E-state index contributed by atoms with van der Waals surface area (Å²) in [7, 11) is 0. The topological polar surface area (TPSA) is 51.8 Å². The standard InChI is InChI=1S/C13H13ClFN3/c1-8(16)4-9-6-17-13(18-7-9)11-3-2-10(15)5-12(11)14/h2-3,5-8H,4,16H2,1H3. The molecule has 2 aromatic rings. The summed E-state index contributed by atoms with van der Waals surface area (Å²) in [4.78, 5) is 8.44. The lowest BCUT2D eigenvalue weighted by molar-refractivity contribution is 0.628. The van der Waals surface area contributed by atoms with Crippen molar-refractivity contribution in [2.75, 3.05) is 0 Å². The summed E-state index contributed by atoms with van der Waals surface area (Å²) in [6.45, 7) is 1.92. The quantitative estimate of drug-likeness (QED) is 0.928. The second-order valence-corrected chi connectivity index (χ2v) is 4.63. The first kappa shape index (κ1) is 12.9. The van der Waals surface area contributed by atoms with Gasteiger partial charge in [0.25, 0.3) is 0 Å². The van der Waals surface area contributed by atoms with Crippen LogP contribution >= 0.6 is 11.6 Å². The largest absolute Gasteiger partial charge is 0.328 e. The van der Waals surface area contributed by atoms with Gasteiger partial charge in [-0.3, -0.25) is 0 Å². The molecule has 3 nitrogen and oxygen atoms in total. The number of nitrogens with zero attached hydrogens (tertiary/aromatic N) is 2. The van der Waals surface area contributed by atoms with Crippen molar-refractivity contribution in [3.8, 4) is 11.4 Å². The third kappa shape index (κ3) is 3.03. The molecule has 1 unspecified atom stereocenters. The van der Waals surface area contributed by atoms with Crippen LogP contribution in [0.15, 0.2) is 30.6 Å². The molecule has 5 heteroatoms. The molecule has 1 aromatic heterocycles. The highest BCUT2D eigenvalue weighted by molar-refractivity contribution is 6.33. The highest BCUT2D eigenvalue weighted by atomic mass is 35.5. The highest BCUT2D eigenvalue weighted by Gasteiger charge is 2.08. The molecule has 0 fully saturated rings. The first-order valence-electron chi connectivity index (χ1n) is 5.58.